The molecule has 0 unspecified atom stereocenters. The van der Waals surface area contributed by atoms with Crippen molar-refractivity contribution in [2.75, 3.05) is 0 Å². The average molecular weight is 284 g/mol. The summed E-state index contributed by atoms with van der Waals surface area (Å²) < 4.78 is 5.37. The van der Waals surface area contributed by atoms with E-state index in [0.29, 0.717) is 33.6 Å². The molecule has 0 atom stereocenters. The van der Waals surface area contributed by atoms with E-state index in [2.05, 4.69) is 4.98 Å². The second kappa shape index (κ2) is 4.59. The zero-order chi connectivity index (χ0) is 15.1. The lowest BCUT2D eigenvalue weighted by molar-refractivity contribution is -0.384. The van der Waals surface area contributed by atoms with Gasteiger partial charge in [0.2, 0.25) is 0 Å². The van der Waals surface area contributed by atoms with Crippen LogP contribution in [0, 0.1) is 24.0 Å². The molecule has 2 heterocycles. The number of non-ortho nitro benzene ring substituents is 1. The molecule has 3 aromatic rings. The molecule has 1 aromatic carbocycles. The summed E-state index contributed by atoms with van der Waals surface area (Å²) in [6, 6.07) is 6.08. The molecule has 0 radical (unpaired) electrons. The molecule has 0 spiro atoms. The summed E-state index contributed by atoms with van der Waals surface area (Å²) >= 11 is 0. The average Bonchev–Trinajstić information content (AvgIpc) is 3.00. The maximum Gasteiger partial charge on any atom is 0.270 e. The fourth-order valence-corrected chi connectivity index (χ4v) is 2.41. The Morgan fingerprint density at radius 1 is 1.24 bits per heavy atom. The third-order valence-electron chi connectivity index (χ3n) is 3.41. The van der Waals surface area contributed by atoms with Crippen molar-refractivity contribution in [1.29, 1.82) is 0 Å². The van der Waals surface area contributed by atoms with E-state index < -0.39 is 4.92 Å². The normalized spacial score (nSPS) is 11.0. The molecule has 106 valence electrons. The number of furan rings is 1. The maximum absolute atomic E-state index is 12.6. The number of nitrogens with zero attached hydrogens (tertiary/aromatic N) is 1. The highest BCUT2D eigenvalue weighted by Gasteiger charge is 2.20. The summed E-state index contributed by atoms with van der Waals surface area (Å²) in [5, 5.41) is 11.4. The molecule has 1 N–H and O–H groups in total. The van der Waals surface area contributed by atoms with Gasteiger partial charge in [0.05, 0.1) is 10.5 Å². The molecule has 0 aliphatic rings. The van der Waals surface area contributed by atoms with Crippen LogP contribution in [0.4, 0.5) is 5.69 Å². The number of ketones is 1. The predicted molar refractivity (Wildman–Crippen MR) is 76.6 cm³/mol. The molecule has 0 saturated carbocycles. The van der Waals surface area contributed by atoms with Crippen LogP contribution in [0.2, 0.25) is 0 Å². The molecule has 3 rings (SSSR count). The first-order chi connectivity index (χ1) is 9.97. The smallest absolute Gasteiger partial charge is 0.270 e. The van der Waals surface area contributed by atoms with Crippen molar-refractivity contribution >= 4 is 22.4 Å². The second-order valence-corrected chi connectivity index (χ2v) is 4.85. The minimum Gasteiger partial charge on any atom is -0.466 e. The maximum atomic E-state index is 12.6. The Bertz CT molecular complexity index is 873. The highest BCUT2D eigenvalue weighted by Crippen LogP contribution is 2.27. The minimum atomic E-state index is -0.478. The molecular formula is C15H12N2O4. The Morgan fingerprint density at radius 3 is 2.62 bits per heavy atom. The number of nitrogens with one attached hydrogen (secondary N) is 1. The van der Waals surface area contributed by atoms with Gasteiger partial charge in [0, 0.05) is 34.8 Å². The van der Waals surface area contributed by atoms with E-state index in [1.54, 1.807) is 32.2 Å². The largest absolute Gasteiger partial charge is 0.466 e. The van der Waals surface area contributed by atoms with Crippen LogP contribution in [-0.2, 0) is 0 Å². The Balaban J connectivity index is 2.16. The van der Waals surface area contributed by atoms with Gasteiger partial charge in [-0.05, 0) is 26.0 Å². The minimum absolute atomic E-state index is 0.0451. The number of carbonyl (C=O) groups excluding carboxylic acids is 1. The van der Waals surface area contributed by atoms with Gasteiger partial charge in [0.1, 0.15) is 11.5 Å². The van der Waals surface area contributed by atoms with E-state index in [1.165, 1.54) is 12.1 Å². The van der Waals surface area contributed by atoms with Crippen LogP contribution in [0.25, 0.3) is 10.9 Å². The molecule has 0 aliphatic heterocycles. The van der Waals surface area contributed by atoms with Crippen LogP contribution >= 0.6 is 0 Å². The third kappa shape index (κ3) is 2.10. The first kappa shape index (κ1) is 13.1. The molecule has 0 aliphatic carbocycles. The Hall–Kier alpha value is -2.89. The van der Waals surface area contributed by atoms with E-state index in [0.717, 1.165) is 0 Å². The molecule has 0 amide bonds. The van der Waals surface area contributed by atoms with Gasteiger partial charge in [0.15, 0.2) is 5.78 Å². The van der Waals surface area contributed by atoms with Crippen LogP contribution in [-0.4, -0.2) is 15.7 Å². The van der Waals surface area contributed by atoms with Crippen LogP contribution < -0.4 is 0 Å². The van der Waals surface area contributed by atoms with Crippen LogP contribution in [0.5, 0.6) is 0 Å². The van der Waals surface area contributed by atoms with E-state index >= 15 is 0 Å². The number of benzene rings is 1. The standard InChI is InChI=1S/C15H12N2O4/c1-8-5-11(9(2)21-8)15(18)13-7-16-14-4-3-10(17(19)20)6-12(13)14/h3-7,16H,1-2H3. The molecule has 0 saturated heterocycles. The summed E-state index contributed by atoms with van der Waals surface area (Å²) in [6.07, 6.45) is 1.57. The monoisotopic (exact) mass is 284 g/mol. The van der Waals surface area contributed by atoms with Gasteiger partial charge in [-0.1, -0.05) is 0 Å². The van der Waals surface area contributed by atoms with E-state index in [9.17, 15) is 14.9 Å². The summed E-state index contributed by atoms with van der Waals surface area (Å²) in [5.74, 6) is 0.982. The van der Waals surface area contributed by atoms with Crippen molar-refractivity contribution < 1.29 is 14.1 Å². The number of fused-ring (bicyclic) bond motifs is 1. The van der Waals surface area contributed by atoms with Crippen molar-refractivity contribution in [1.82, 2.24) is 4.98 Å². The Labute approximate surface area is 119 Å². The Morgan fingerprint density at radius 2 is 2.00 bits per heavy atom. The van der Waals surface area contributed by atoms with Gasteiger partial charge in [-0.15, -0.1) is 0 Å². The fourth-order valence-electron chi connectivity index (χ4n) is 2.41. The molecule has 6 heteroatoms. The lowest BCUT2D eigenvalue weighted by Gasteiger charge is -1.98. The number of hydrogen-bond donors (Lipinski definition) is 1. The van der Waals surface area contributed by atoms with Crippen molar-refractivity contribution in [3.63, 3.8) is 0 Å². The number of carbonyl (C=O) groups is 1. The molecule has 6 nitrogen and oxygen atoms in total. The molecule has 21 heavy (non-hydrogen) atoms. The summed E-state index contributed by atoms with van der Waals surface area (Å²) in [5.41, 5.74) is 1.51. The fraction of sp³-hybridized carbons (Fsp3) is 0.133. The highest BCUT2D eigenvalue weighted by molar-refractivity contribution is 6.17. The van der Waals surface area contributed by atoms with Crippen LogP contribution in [0.15, 0.2) is 34.9 Å². The van der Waals surface area contributed by atoms with Gasteiger partial charge < -0.3 is 9.40 Å². The van der Waals surface area contributed by atoms with E-state index in [-0.39, 0.29) is 11.5 Å². The van der Waals surface area contributed by atoms with Gasteiger partial charge in [-0.3, -0.25) is 14.9 Å². The summed E-state index contributed by atoms with van der Waals surface area (Å²) in [7, 11) is 0. The van der Waals surface area contributed by atoms with Crippen molar-refractivity contribution in [3.05, 3.63) is 63.2 Å². The Kier molecular flexibility index (Phi) is 2.86. The number of rotatable bonds is 3. The molecule has 0 fully saturated rings. The first-order valence-electron chi connectivity index (χ1n) is 6.34. The number of nitro groups is 1. The van der Waals surface area contributed by atoms with Crippen LogP contribution in [0.3, 0.4) is 0 Å². The van der Waals surface area contributed by atoms with Crippen LogP contribution in [0.1, 0.15) is 27.4 Å². The first-order valence-corrected chi connectivity index (χ1v) is 6.34. The zero-order valence-electron chi connectivity index (χ0n) is 11.5. The van der Waals surface area contributed by atoms with Gasteiger partial charge >= 0.3 is 0 Å². The third-order valence-corrected chi connectivity index (χ3v) is 3.41. The molecule has 2 aromatic heterocycles. The van der Waals surface area contributed by atoms with Gasteiger partial charge in [-0.25, -0.2) is 0 Å². The number of hydrogen-bond acceptors (Lipinski definition) is 4. The predicted octanol–water partition coefficient (Wildman–Crippen LogP) is 3.52. The highest BCUT2D eigenvalue weighted by atomic mass is 16.6. The molecule has 0 bridgehead atoms. The SMILES string of the molecule is Cc1cc(C(=O)c2c[nH]c3ccc([N+](=O)[O-])cc23)c(C)o1. The number of aromatic nitrogens is 1. The van der Waals surface area contributed by atoms with Crippen molar-refractivity contribution in [3.8, 4) is 0 Å². The van der Waals surface area contributed by atoms with Crippen molar-refractivity contribution in [2.24, 2.45) is 0 Å². The summed E-state index contributed by atoms with van der Waals surface area (Å²) in [4.78, 5) is 25.9. The number of aromatic amines is 1. The number of nitro benzene ring substituents is 1. The second-order valence-electron chi connectivity index (χ2n) is 4.85. The van der Waals surface area contributed by atoms with Crippen molar-refractivity contribution in [2.45, 2.75) is 13.8 Å². The number of aryl methyl sites for hydroxylation is 2. The van der Waals surface area contributed by atoms with Gasteiger partial charge in [-0.2, -0.15) is 0 Å². The zero-order valence-corrected chi connectivity index (χ0v) is 11.5. The van der Waals surface area contributed by atoms with Gasteiger partial charge in [0.25, 0.3) is 5.69 Å². The topological polar surface area (TPSA) is 89.1 Å². The lowest BCUT2D eigenvalue weighted by atomic mass is 10.0. The quantitative estimate of drug-likeness (QED) is 0.452. The molecular weight excluding hydrogens is 272 g/mol. The van der Waals surface area contributed by atoms with E-state index in [1.807, 2.05) is 0 Å². The number of H-pyrrole nitrogens is 1. The lowest BCUT2D eigenvalue weighted by Crippen LogP contribution is -2.00. The van der Waals surface area contributed by atoms with E-state index in [4.69, 9.17) is 4.42 Å². The summed E-state index contributed by atoms with van der Waals surface area (Å²) in [6.45, 7) is 3.49.